The Labute approximate surface area is 169 Å². The van der Waals surface area contributed by atoms with Gasteiger partial charge in [-0.1, -0.05) is 41.6 Å². The summed E-state index contributed by atoms with van der Waals surface area (Å²) < 4.78 is 12.4. The Kier molecular flexibility index (Phi) is 5.46. The second-order valence-electron chi connectivity index (χ2n) is 7.18. The summed E-state index contributed by atoms with van der Waals surface area (Å²) in [5, 5.41) is 11.5. The van der Waals surface area contributed by atoms with E-state index >= 15 is 0 Å². The van der Waals surface area contributed by atoms with Crippen LogP contribution in [0, 0.1) is 5.92 Å². The normalized spacial score (nSPS) is 18.0. The summed E-state index contributed by atoms with van der Waals surface area (Å²) in [4.78, 5) is 12.5. The molecule has 0 aliphatic heterocycles. The van der Waals surface area contributed by atoms with Crippen LogP contribution < -0.4 is 14.8 Å². The molecule has 1 aromatic heterocycles. The number of amides is 1. The molecule has 1 heterocycles. The number of methoxy groups -OCH3 is 2. The summed E-state index contributed by atoms with van der Waals surface area (Å²) in [7, 11) is 3.20. The van der Waals surface area contributed by atoms with E-state index in [4.69, 9.17) is 9.47 Å². The molecule has 150 valence electrons. The number of rotatable bonds is 7. The van der Waals surface area contributed by atoms with Crippen molar-refractivity contribution in [1.82, 2.24) is 20.3 Å². The van der Waals surface area contributed by atoms with Crippen LogP contribution in [0.15, 0.2) is 54.7 Å². The highest BCUT2D eigenvalue weighted by Crippen LogP contribution is 2.38. The summed E-state index contributed by atoms with van der Waals surface area (Å²) in [5.74, 6) is 1.40. The fraction of sp³-hybridized carbons (Fsp3) is 0.318. The van der Waals surface area contributed by atoms with Crippen molar-refractivity contribution in [2.45, 2.75) is 25.4 Å². The molecule has 1 fully saturated rings. The van der Waals surface area contributed by atoms with E-state index in [1.165, 1.54) is 0 Å². The number of nitrogens with one attached hydrogen (secondary N) is 1. The van der Waals surface area contributed by atoms with Gasteiger partial charge in [0.05, 0.1) is 26.5 Å². The minimum Gasteiger partial charge on any atom is -0.493 e. The van der Waals surface area contributed by atoms with Crippen molar-refractivity contribution < 1.29 is 14.3 Å². The van der Waals surface area contributed by atoms with Gasteiger partial charge in [-0.3, -0.25) is 4.79 Å². The minimum atomic E-state index is 0.00418. The van der Waals surface area contributed by atoms with Gasteiger partial charge < -0.3 is 14.8 Å². The topological polar surface area (TPSA) is 78.3 Å². The lowest BCUT2D eigenvalue weighted by Crippen LogP contribution is -2.39. The Bertz CT molecular complexity index is 981. The number of hydrogen-bond donors (Lipinski definition) is 1. The third-order valence-corrected chi connectivity index (χ3v) is 5.35. The standard InChI is InChI=1S/C22H24N4O3/c1-28-20-9-8-15(10-21(20)29-2)13-23-22(27)17-11-18(12-17)26-14-19(24-25-26)16-6-4-3-5-7-16/h3-10,14,17-18H,11-13H2,1-2H3,(H,23,27). The highest BCUT2D eigenvalue weighted by molar-refractivity contribution is 5.79. The highest BCUT2D eigenvalue weighted by atomic mass is 16.5. The molecule has 1 aliphatic carbocycles. The van der Waals surface area contributed by atoms with Crippen LogP contribution in [0.5, 0.6) is 11.5 Å². The molecule has 29 heavy (non-hydrogen) atoms. The Morgan fingerprint density at radius 3 is 2.59 bits per heavy atom. The van der Waals surface area contributed by atoms with E-state index in [0.29, 0.717) is 18.0 Å². The van der Waals surface area contributed by atoms with E-state index in [9.17, 15) is 4.79 Å². The zero-order chi connectivity index (χ0) is 20.2. The van der Waals surface area contributed by atoms with Crippen molar-refractivity contribution in [3.05, 3.63) is 60.3 Å². The van der Waals surface area contributed by atoms with E-state index < -0.39 is 0 Å². The molecule has 0 unspecified atom stereocenters. The first kappa shape index (κ1) is 19.0. The van der Waals surface area contributed by atoms with Gasteiger partial charge in [-0.2, -0.15) is 0 Å². The number of aromatic nitrogens is 3. The Morgan fingerprint density at radius 2 is 1.86 bits per heavy atom. The van der Waals surface area contributed by atoms with Crippen LogP contribution in [0.4, 0.5) is 0 Å². The molecule has 0 atom stereocenters. The lowest BCUT2D eigenvalue weighted by atomic mass is 9.79. The summed E-state index contributed by atoms with van der Waals surface area (Å²) in [6.07, 6.45) is 3.50. The molecule has 4 rings (SSSR count). The van der Waals surface area contributed by atoms with Crippen molar-refractivity contribution in [1.29, 1.82) is 0 Å². The number of benzene rings is 2. The van der Waals surface area contributed by atoms with Crippen molar-refractivity contribution in [3.63, 3.8) is 0 Å². The largest absolute Gasteiger partial charge is 0.493 e. The van der Waals surface area contributed by atoms with Gasteiger partial charge in [0.1, 0.15) is 5.69 Å². The number of ether oxygens (including phenoxy) is 2. The monoisotopic (exact) mass is 392 g/mol. The van der Waals surface area contributed by atoms with Crippen molar-refractivity contribution in [3.8, 4) is 22.8 Å². The summed E-state index contributed by atoms with van der Waals surface area (Å²) in [6.45, 7) is 0.460. The van der Waals surface area contributed by atoms with Crippen LogP contribution in [0.3, 0.4) is 0 Å². The first-order valence-corrected chi connectivity index (χ1v) is 9.64. The molecule has 0 saturated heterocycles. The molecule has 0 radical (unpaired) electrons. The average molecular weight is 392 g/mol. The highest BCUT2D eigenvalue weighted by Gasteiger charge is 2.36. The van der Waals surface area contributed by atoms with E-state index in [-0.39, 0.29) is 17.9 Å². The zero-order valence-electron chi connectivity index (χ0n) is 16.5. The maximum Gasteiger partial charge on any atom is 0.223 e. The van der Waals surface area contributed by atoms with Crippen LogP contribution in [-0.2, 0) is 11.3 Å². The molecule has 0 bridgehead atoms. The molecule has 1 saturated carbocycles. The minimum absolute atomic E-state index is 0.00418. The molecule has 3 aromatic rings. The van der Waals surface area contributed by atoms with Crippen LogP contribution in [0.25, 0.3) is 11.3 Å². The maximum atomic E-state index is 12.5. The first-order chi connectivity index (χ1) is 14.2. The van der Waals surface area contributed by atoms with Gasteiger partial charge in [-0.05, 0) is 30.5 Å². The molecule has 1 amide bonds. The van der Waals surface area contributed by atoms with Crippen molar-refractivity contribution in [2.24, 2.45) is 5.92 Å². The van der Waals surface area contributed by atoms with Crippen molar-refractivity contribution in [2.75, 3.05) is 14.2 Å². The third kappa shape index (κ3) is 4.08. The van der Waals surface area contributed by atoms with Gasteiger partial charge in [0, 0.05) is 18.0 Å². The van der Waals surface area contributed by atoms with Crippen LogP contribution in [-0.4, -0.2) is 35.1 Å². The predicted molar refractivity (Wildman–Crippen MR) is 109 cm³/mol. The number of hydrogen-bond acceptors (Lipinski definition) is 5. The molecular formula is C22H24N4O3. The first-order valence-electron chi connectivity index (χ1n) is 9.64. The van der Waals surface area contributed by atoms with Gasteiger partial charge in [0.15, 0.2) is 11.5 Å². The van der Waals surface area contributed by atoms with E-state index in [2.05, 4.69) is 15.6 Å². The quantitative estimate of drug-likeness (QED) is 0.668. The third-order valence-electron chi connectivity index (χ3n) is 5.35. The SMILES string of the molecule is COc1ccc(CNC(=O)C2CC(n3cc(-c4ccccc4)nn3)C2)cc1OC. The number of carbonyl (C=O) groups excluding carboxylic acids is 1. The summed E-state index contributed by atoms with van der Waals surface area (Å²) in [5.41, 5.74) is 2.87. The fourth-order valence-electron chi connectivity index (χ4n) is 3.54. The smallest absolute Gasteiger partial charge is 0.223 e. The molecule has 2 aromatic carbocycles. The van der Waals surface area contributed by atoms with Gasteiger partial charge in [0.2, 0.25) is 5.91 Å². The molecule has 1 aliphatic rings. The Hall–Kier alpha value is -3.35. The maximum absolute atomic E-state index is 12.5. The van der Waals surface area contributed by atoms with Crippen LogP contribution in [0.1, 0.15) is 24.4 Å². The second-order valence-corrected chi connectivity index (χ2v) is 7.18. The lowest BCUT2D eigenvalue weighted by molar-refractivity contribution is -0.129. The van der Waals surface area contributed by atoms with Crippen molar-refractivity contribution >= 4 is 5.91 Å². The second kappa shape index (κ2) is 8.34. The van der Waals surface area contributed by atoms with Gasteiger partial charge in [-0.25, -0.2) is 4.68 Å². The number of carbonyl (C=O) groups is 1. The Morgan fingerprint density at radius 1 is 1.10 bits per heavy atom. The fourth-order valence-corrected chi connectivity index (χ4v) is 3.54. The molecule has 7 heteroatoms. The molecular weight excluding hydrogens is 368 g/mol. The Balaban J connectivity index is 1.29. The molecule has 7 nitrogen and oxygen atoms in total. The summed E-state index contributed by atoms with van der Waals surface area (Å²) in [6, 6.07) is 15.8. The molecule has 1 N–H and O–H groups in total. The molecule has 0 spiro atoms. The van der Waals surface area contributed by atoms with Gasteiger partial charge in [-0.15, -0.1) is 5.10 Å². The van der Waals surface area contributed by atoms with Crippen LogP contribution >= 0.6 is 0 Å². The zero-order valence-corrected chi connectivity index (χ0v) is 16.5. The summed E-state index contributed by atoms with van der Waals surface area (Å²) >= 11 is 0. The van der Waals surface area contributed by atoms with Gasteiger partial charge in [0.25, 0.3) is 0 Å². The van der Waals surface area contributed by atoms with E-state index in [1.54, 1.807) is 14.2 Å². The average Bonchev–Trinajstić information content (AvgIpc) is 3.21. The van der Waals surface area contributed by atoms with E-state index in [1.807, 2.05) is 59.4 Å². The lowest BCUT2D eigenvalue weighted by Gasteiger charge is -2.33. The predicted octanol–water partition coefficient (Wildman–Crippen LogP) is 3.23. The van der Waals surface area contributed by atoms with E-state index in [0.717, 1.165) is 29.7 Å². The number of nitrogens with zero attached hydrogens (tertiary/aromatic N) is 3. The van der Waals surface area contributed by atoms with Crippen LogP contribution in [0.2, 0.25) is 0 Å². The van der Waals surface area contributed by atoms with Gasteiger partial charge >= 0.3 is 0 Å².